The fourth-order valence-corrected chi connectivity index (χ4v) is 1.64. The zero-order chi connectivity index (χ0) is 12.0. The van der Waals surface area contributed by atoms with Crippen LogP contribution < -0.4 is 5.73 Å². The predicted molar refractivity (Wildman–Crippen MR) is 58.6 cm³/mol. The zero-order valence-corrected chi connectivity index (χ0v) is 10.3. The first-order chi connectivity index (χ1) is 7.38. The van der Waals surface area contributed by atoms with Crippen LogP contribution in [-0.4, -0.2) is 17.3 Å². The second-order valence-electron chi connectivity index (χ2n) is 5.19. The van der Waals surface area contributed by atoms with Gasteiger partial charge in [-0.15, -0.1) is 0 Å². The molecule has 1 aliphatic carbocycles. The molecule has 0 radical (unpaired) electrons. The van der Waals surface area contributed by atoms with E-state index in [2.05, 4.69) is 10.1 Å². The number of ether oxygens (including phenoxy) is 1. The quantitative estimate of drug-likeness (QED) is 0.841. The Hall–Kier alpha value is -0.940. The fraction of sp³-hybridized carbons (Fsp3) is 0.818. The minimum atomic E-state index is -0.540. The summed E-state index contributed by atoms with van der Waals surface area (Å²) >= 11 is 0. The molecular weight excluding hydrogens is 206 g/mol. The summed E-state index contributed by atoms with van der Waals surface area (Å²) in [7, 11) is 1.62. The Kier molecular flexibility index (Phi) is 2.55. The average molecular weight is 225 g/mol. The van der Waals surface area contributed by atoms with Crippen molar-refractivity contribution in [2.75, 3.05) is 7.11 Å². The van der Waals surface area contributed by atoms with Crippen molar-refractivity contribution < 1.29 is 9.26 Å². The predicted octanol–water partition coefficient (Wildman–Crippen LogP) is 1.53. The maximum atomic E-state index is 6.20. The Bertz CT molecular complexity index is 380. The van der Waals surface area contributed by atoms with Crippen molar-refractivity contribution >= 4 is 0 Å². The van der Waals surface area contributed by atoms with Crippen LogP contribution in [0.1, 0.15) is 45.3 Å². The van der Waals surface area contributed by atoms with Gasteiger partial charge in [-0.1, -0.05) is 5.16 Å². The number of aromatic nitrogens is 2. The largest absolute Gasteiger partial charge is 0.371 e. The van der Waals surface area contributed by atoms with Gasteiger partial charge in [0, 0.05) is 7.11 Å². The van der Waals surface area contributed by atoms with Crippen molar-refractivity contribution in [1.29, 1.82) is 0 Å². The van der Waals surface area contributed by atoms with E-state index in [1.807, 2.05) is 20.8 Å². The van der Waals surface area contributed by atoms with E-state index in [1.54, 1.807) is 7.11 Å². The molecule has 1 unspecified atom stereocenters. The number of rotatable bonds is 4. The zero-order valence-electron chi connectivity index (χ0n) is 10.3. The van der Waals surface area contributed by atoms with Crippen LogP contribution in [-0.2, 0) is 15.9 Å². The van der Waals surface area contributed by atoms with Crippen molar-refractivity contribution in [2.45, 2.75) is 44.8 Å². The summed E-state index contributed by atoms with van der Waals surface area (Å²) in [6.45, 7) is 5.74. The minimum absolute atomic E-state index is 0.464. The molecule has 5 nitrogen and oxygen atoms in total. The summed E-state index contributed by atoms with van der Waals surface area (Å²) in [5, 5.41) is 3.94. The van der Waals surface area contributed by atoms with Crippen LogP contribution in [0, 0.1) is 5.92 Å². The topological polar surface area (TPSA) is 74.2 Å². The Morgan fingerprint density at radius 2 is 2.00 bits per heavy atom. The molecule has 5 heteroatoms. The Balaban J connectivity index is 2.25. The monoisotopic (exact) mass is 225 g/mol. The van der Waals surface area contributed by atoms with E-state index in [0.29, 0.717) is 17.6 Å². The van der Waals surface area contributed by atoms with Gasteiger partial charge in [-0.05, 0) is 39.5 Å². The molecule has 0 aromatic carbocycles. The lowest BCUT2D eigenvalue weighted by Gasteiger charge is -2.19. The van der Waals surface area contributed by atoms with E-state index in [-0.39, 0.29) is 0 Å². The summed E-state index contributed by atoms with van der Waals surface area (Å²) in [4.78, 5) is 4.36. The van der Waals surface area contributed by atoms with E-state index in [9.17, 15) is 0 Å². The first kappa shape index (κ1) is 11.5. The average Bonchev–Trinajstić information content (AvgIpc) is 2.95. The molecule has 1 aliphatic rings. The summed E-state index contributed by atoms with van der Waals surface area (Å²) in [5.41, 5.74) is 5.16. The first-order valence-electron chi connectivity index (χ1n) is 5.56. The van der Waals surface area contributed by atoms with Gasteiger partial charge in [0.1, 0.15) is 5.60 Å². The maximum absolute atomic E-state index is 6.20. The van der Waals surface area contributed by atoms with Gasteiger partial charge in [-0.2, -0.15) is 4.98 Å². The molecule has 1 heterocycles. The van der Waals surface area contributed by atoms with Crippen LogP contribution >= 0.6 is 0 Å². The Morgan fingerprint density at radius 1 is 1.38 bits per heavy atom. The van der Waals surface area contributed by atoms with E-state index in [4.69, 9.17) is 15.0 Å². The Morgan fingerprint density at radius 3 is 2.50 bits per heavy atom. The van der Waals surface area contributed by atoms with Gasteiger partial charge in [0.25, 0.3) is 0 Å². The highest BCUT2D eigenvalue weighted by Gasteiger charge is 2.44. The third-order valence-electron chi connectivity index (χ3n) is 3.36. The van der Waals surface area contributed by atoms with Gasteiger partial charge in [0.05, 0.1) is 5.54 Å². The van der Waals surface area contributed by atoms with Crippen molar-refractivity contribution in [3.8, 4) is 0 Å². The molecule has 1 aromatic rings. The molecule has 1 atom stereocenters. The van der Waals surface area contributed by atoms with Crippen molar-refractivity contribution in [2.24, 2.45) is 11.7 Å². The highest BCUT2D eigenvalue weighted by Crippen LogP contribution is 2.43. The lowest BCUT2D eigenvalue weighted by atomic mass is 9.97. The highest BCUT2D eigenvalue weighted by atomic mass is 16.5. The summed E-state index contributed by atoms with van der Waals surface area (Å²) in [6.07, 6.45) is 2.27. The summed E-state index contributed by atoms with van der Waals surface area (Å²) in [6, 6.07) is 0. The van der Waals surface area contributed by atoms with Crippen molar-refractivity contribution in [3.63, 3.8) is 0 Å². The van der Waals surface area contributed by atoms with E-state index in [0.717, 1.165) is 12.8 Å². The minimum Gasteiger partial charge on any atom is -0.371 e. The van der Waals surface area contributed by atoms with Crippen LogP contribution in [0.2, 0.25) is 0 Å². The third-order valence-corrected chi connectivity index (χ3v) is 3.36. The maximum Gasteiger partial charge on any atom is 0.246 e. The second-order valence-corrected chi connectivity index (χ2v) is 5.19. The van der Waals surface area contributed by atoms with Crippen molar-refractivity contribution in [3.05, 3.63) is 11.7 Å². The summed E-state index contributed by atoms with van der Waals surface area (Å²) < 4.78 is 10.6. The van der Waals surface area contributed by atoms with Crippen LogP contribution in [0.3, 0.4) is 0 Å². The SMILES string of the molecule is COC(C)(C)c1noc(C(C)(N)C2CC2)n1. The molecule has 2 N–H and O–H groups in total. The third kappa shape index (κ3) is 1.85. The molecule has 0 amide bonds. The van der Waals surface area contributed by atoms with Crippen LogP contribution in [0.15, 0.2) is 4.52 Å². The fourth-order valence-electron chi connectivity index (χ4n) is 1.64. The smallest absolute Gasteiger partial charge is 0.246 e. The van der Waals surface area contributed by atoms with Gasteiger partial charge in [0.15, 0.2) is 0 Å². The normalized spacial score (nSPS) is 20.8. The molecule has 1 saturated carbocycles. The molecule has 0 bridgehead atoms. The van der Waals surface area contributed by atoms with E-state index >= 15 is 0 Å². The first-order valence-corrected chi connectivity index (χ1v) is 5.56. The lowest BCUT2D eigenvalue weighted by Crippen LogP contribution is -2.36. The summed E-state index contributed by atoms with van der Waals surface area (Å²) in [5.74, 6) is 1.52. The van der Waals surface area contributed by atoms with E-state index < -0.39 is 11.1 Å². The molecule has 1 aromatic heterocycles. The Labute approximate surface area is 95.3 Å². The molecule has 0 aliphatic heterocycles. The lowest BCUT2D eigenvalue weighted by molar-refractivity contribution is 0.00973. The molecule has 90 valence electrons. The molecule has 0 saturated heterocycles. The van der Waals surface area contributed by atoms with E-state index in [1.165, 1.54) is 0 Å². The van der Waals surface area contributed by atoms with Gasteiger partial charge >= 0.3 is 0 Å². The molecular formula is C11H19N3O2. The van der Waals surface area contributed by atoms with Gasteiger partial charge < -0.3 is 15.0 Å². The molecule has 2 rings (SSSR count). The standard InChI is InChI=1S/C11H19N3O2/c1-10(2,15-4)8-13-9(16-14-8)11(3,12)7-5-6-7/h7H,5-6,12H2,1-4H3. The van der Waals surface area contributed by atoms with Crippen LogP contribution in [0.5, 0.6) is 0 Å². The number of hydrogen-bond donors (Lipinski definition) is 1. The van der Waals surface area contributed by atoms with Gasteiger partial charge in [0.2, 0.25) is 11.7 Å². The number of methoxy groups -OCH3 is 1. The van der Waals surface area contributed by atoms with Gasteiger partial charge in [-0.3, -0.25) is 0 Å². The van der Waals surface area contributed by atoms with Crippen molar-refractivity contribution in [1.82, 2.24) is 10.1 Å². The number of nitrogens with zero attached hydrogens (tertiary/aromatic N) is 2. The number of nitrogens with two attached hydrogens (primary N) is 1. The molecule has 16 heavy (non-hydrogen) atoms. The highest BCUT2D eigenvalue weighted by molar-refractivity contribution is 5.09. The molecule has 1 fully saturated rings. The van der Waals surface area contributed by atoms with Gasteiger partial charge in [-0.25, -0.2) is 0 Å². The molecule has 0 spiro atoms. The number of hydrogen-bond acceptors (Lipinski definition) is 5. The van der Waals surface area contributed by atoms with Crippen LogP contribution in [0.25, 0.3) is 0 Å². The second kappa shape index (κ2) is 3.53. The van der Waals surface area contributed by atoms with Crippen LogP contribution in [0.4, 0.5) is 0 Å².